The van der Waals surface area contributed by atoms with Crippen LogP contribution in [0.1, 0.15) is 0 Å². The zero-order chi connectivity index (χ0) is 10.8. The Morgan fingerprint density at radius 1 is 1.33 bits per heavy atom. The van der Waals surface area contributed by atoms with Crippen LogP contribution in [-0.2, 0) is 4.74 Å². The van der Waals surface area contributed by atoms with Crippen LogP contribution in [0, 0.1) is 0 Å². The Hall–Kier alpha value is -1.26. The molecule has 1 aromatic carbocycles. The summed E-state index contributed by atoms with van der Waals surface area (Å²) in [5, 5.41) is 9.68. The molecule has 4 heteroatoms. The summed E-state index contributed by atoms with van der Waals surface area (Å²) >= 11 is 0. The lowest BCUT2D eigenvalue weighted by Gasteiger charge is -2.17. The van der Waals surface area contributed by atoms with Crippen molar-refractivity contribution >= 4 is 11.4 Å². The lowest BCUT2D eigenvalue weighted by Crippen LogP contribution is -2.25. The highest BCUT2D eigenvalue weighted by atomic mass is 16.5. The van der Waals surface area contributed by atoms with Gasteiger partial charge in [-0.2, -0.15) is 0 Å². The topological polar surface area (TPSA) is 58.7 Å². The molecule has 1 heterocycles. The molecule has 0 spiro atoms. The molecule has 0 bridgehead atoms. The average molecular weight is 208 g/mol. The second-order valence-corrected chi connectivity index (χ2v) is 3.84. The number of rotatable bonds is 2. The van der Waals surface area contributed by atoms with E-state index < -0.39 is 6.10 Å². The minimum absolute atomic E-state index is 0.0949. The number of nitrogen functional groups attached to an aromatic ring is 1. The molecule has 1 aliphatic rings. The third kappa shape index (κ3) is 2.06. The maximum Gasteiger partial charge on any atom is 0.102 e. The largest absolute Gasteiger partial charge is 0.399 e. The van der Waals surface area contributed by atoms with Crippen molar-refractivity contribution in [1.29, 1.82) is 0 Å². The van der Waals surface area contributed by atoms with Crippen molar-refractivity contribution in [1.82, 2.24) is 0 Å². The molecule has 0 saturated carbocycles. The zero-order valence-electron chi connectivity index (χ0n) is 8.76. The second kappa shape index (κ2) is 4.08. The Morgan fingerprint density at radius 3 is 2.53 bits per heavy atom. The van der Waals surface area contributed by atoms with Gasteiger partial charge in [0.25, 0.3) is 0 Å². The molecule has 0 aliphatic carbocycles. The molecule has 0 radical (unpaired) electrons. The third-order valence-electron chi connectivity index (χ3n) is 2.80. The molecule has 2 rings (SSSR count). The number of hydrogen-bond acceptors (Lipinski definition) is 4. The first-order valence-corrected chi connectivity index (χ1v) is 5.02. The molecule has 3 N–H and O–H groups in total. The molecule has 1 saturated heterocycles. The number of anilines is 2. The van der Waals surface area contributed by atoms with Crippen LogP contribution >= 0.6 is 0 Å². The molecule has 82 valence electrons. The van der Waals surface area contributed by atoms with Crippen LogP contribution in [-0.4, -0.2) is 37.5 Å². The van der Waals surface area contributed by atoms with Crippen LogP contribution in [0.15, 0.2) is 24.3 Å². The molecular weight excluding hydrogens is 192 g/mol. The molecule has 2 atom stereocenters. The fourth-order valence-electron chi connectivity index (χ4n) is 1.88. The fourth-order valence-corrected chi connectivity index (χ4v) is 1.88. The number of nitrogens with zero attached hydrogens (tertiary/aromatic N) is 1. The normalized spacial score (nSPS) is 25.9. The van der Waals surface area contributed by atoms with E-state index in [0.717, 1.165) is 17.9 Å². The SMILES string of the molecule is CO[C@@H]1CN(c2ccc(N)cc2)C[C@@H]1O. The van der Waals surface area contributed by atoms with Crippen molar-refractivity contribution in [2.45, 2.75) is 12.2 Å². The molecule has 4 nitrogen and oxygen atoms in total. The van der Waals surface area contributed by atoms with Gasteiger partial charge in [0, 0.05) is 31.6 Å². The van der Waals surface area contributed by atoms with E-state index in [1.807, 2.05) is 24.3 Å². The molecule has 0 amide bonds. The Kier molecular flexibility index (Phi) is 2.79. The summed E-state index contributed by atoms with van der Waals surface area (Å²) in [6, 6.07) is 7.64. The van der Waals surface area contributed by atoms with Gasteiger partial charge in [-0.25, -0.2) is 0 Å². The van der Waals surface area contributed by atoms with Crippen molar-refractivity contribution < 1.29 is 9.84 Å². The Balaban J connectivity index is 2.10. The number of methoxy groups -OCH3 is 1. The Bertz CT molecular complexity index is 326. The number of aliphatic hydroxyl groups is 1. The highest BCUT2D eigenvalue weighted by Crippen LogP contribution is 2.22. The lowest BCUT2D eigenvalue weighted by atomic mass is 10.2. The van der Waals surface area contributed by atoms with Crippen molar-refractivity contribution in [2.75, 3.05) is 30.8 Å². The van der Waals surface area contributed by atoms with Crippen molar-refractivity contribution in [3.8, 4) is 0 Å². The monoisotopic (exact) mass is 208 g/mol. The summed E-state index contributed by atoms with van der Waals surface area (Å²) in [5.41, 5.74) is 7.44. The van der Waals surface area contributed by atoms with Gasteiger partial charge < -0.3 is 20.5 Å². The van der Waals surface area contributed by atoms with Crippen molar-refractivity contribution in [3.63, 3.8) is 0 Å². The van der Waals surface area contributed by atoms with Gasteiger partial charge in [-0.3, -0.25) is 0 Å². The van der Waals surface area contributed by atoms with Crippen molar-refractivity contribution in [3.05, 3.63) is 24.3 Å². The number of β-amino-alcohol motifs (C(OH)–C–C–N with tert-alkyl or cyclic N) is 1. The molecular formula is C11H16N2O2. The van der Waals surface area contributed by atoms with Crippen LogP contribution < -0.4 is 10.6 Å². The van der Waals surface area contributed by atoms with Crippen molar-refractivity contribution in [2.24, 2.45) is 0 Å². The minimum Gasteiger partial charge on any atom is -0.399 e. The highest BCUT2D eigenvalue weighted by molar-refractivity contribution is 5.54. The van der Waals surface area contributed by atoms with Crippen LogP contribution in [0.5, 0.6) is 0 Å². The van der Waals surface area contributed by atoms with Crippen LogP contribution in [0.3, 0.4) is 0 Å². The third-order valence-corrected chi connectivity index (χ3v) is 2.80. The van der Waals surface area contributed by atoms with Gasteiger partial charge in [-0.1, -0.05) is 0 Å². The van der Waals surface area contributed by atoms with E-state index in [4.69, 9.17) is 10.5 Å². The summed E-state index contributed by atoms with van der Waals surface area (Å²) in [6.45, 7) is 1.34. The van der Waals surface area contributed by atoms with Gasteiger partial charge >= 0.3 is 0 Å². The molecule has 1 aromatic rings. The van der Waals surface area contributed by atoms with Crippen LogP contribution in [0.4, 0.5) is 11.4 Å². The van der Waals surface area contributed by atoms with Crippen LogP contribution in [0.25, 0.3) is 0 Å². The van der Waals surface area contributed by atoms with Gasteiger partial charge in [0.1, 0.15) is 6.10 Å². The number of hydrogen-bond donors (Lipinski definition) is 2. The second-order valence-electron chi connectivity index (χ2n) is 3.84. The molecule has 0 unspecified atom stereocenters. The maximum absolute atomic E-state index is 9.68. The van der Waals surface area contributed by atoms with E-state index in [1.54, 1.807) is 7.11 Å². The van der Waals surface area contributed by atoms with Gasteiger partial charge in [-0.05, 0) is 24.3 Å². The molecule has 1 fully saturated rings. The summed E-state index contributed by atoms with van der Waals surface area (Å²) in [7, 11) is 1.63. The van der Waals surface area contributed by atoms with E-state index in [9.17, 15) is 5.11 Å². The number of aliphatic hydroxyl groups excluding tert-OH is 1. The van der Waals surface area contributed by atoms with E-state index >= 15 is 0 Å². The highest BCUT2D eigenvalue weighted by Gasteiger charge is 2.31. The number of ether oxygens (including phenoxy) is 1. The smallest absolute Gasteiger partial charge is 0.102 e. The lowest BCUT2D eigenvalue weighted by molar-refractivity contribution is 0.0217. The molecule has 0 aromatic heterocycles. The van der Waals surface area contributed by atoms with Gasteiger partial charge in [0.2, 0.25) is 0 Å². The first-order valence-electron chi connectivity index (χ1n) is 5.02. The summed E-state index contributed by atoms with van der Waals surface area (Å²) < 4.78 is 5.18. The van der Waals surface area contributed by atoms with E-state index in [0.29, 0.717) is 6.54 Å². The predicted octanol–water partition coefficient (Wildman–Crippen LogP) is 0.465. The maximum atomic E-state index is 9.68. The fraction of sp³-hybridized carbons (Fsp3) is 0.455. The van der Waals surface area contributed by atoms with E-state index in [-0.39, 0.29) is 6.10 Å². The quantitative estimate of drug-likeness (QED) is 0.693. The van der Waals surface area contributed by atoms with Crippen LogP contribution in [0.2, 0.25) is 0 Å². The Labute approximate surface area is 89.3 Å². The van der Waals surface area contributed by atoms with Gasteiger partial charge in [0.05, 0.1) is 6.10 Å². The van der Waals surface area contributed by atoms with Gasteiger partial charge in [-0.15, -0.1) is 0 Å². The van der Waals surface area contributed by atoms with Gasteiger partial charge in [0.15, 0.2) is 0 Å². The molecule has 15 heavy (non-hydrogen) atoms. The average Bonchev–Trinajstić information content (AvgIpc) is 2.61. The molecule has 1 aliphatic heterocycles. The summed E-state index contributed by atoms with van der Waals surface area (Å²) in [5.74, 6) is 0. The van der Waals surface area contributed by atoms with E-state index in [2.05, 4.69) is 4.90 Å². The number of benzene rings is 1. The standard InChI is InChI=1S/C11H16N2O2/c1-15-11-7-13(6-10(11)14)9-4-2-8(12)3-5-9/h2-5,10-11,14H,6-7,12H2,1H3/t10-,11+/m0/s1. The number of nitrogens with two attached hydrogens (primary N) is 1. The predicted molar refractivity (Wildman–Crippen MR) is 59.9 cm³/mol. The Morgan fingerprint density at radius 2 is 2.00 bits per heavy atom. The minimum atomic E-state index is -0.410. The first kappa shape index (κ1) is 10.3. The summed E-state index contributed by atoms with van der Waals surface area (Å²) in [6.07, 6.45) is -0.505. The first-order chi connectivity index (χ1) is 7.20. The zero-order valence-corrected chi connectivity index (χ0v) is 8.76. The summed E-state index contributed by atoms with van der Waals surface area (Å²) in [4.78, 5) is 2.10. The van der Waals surface area contributed by atoms with E-state index in [1.165, 1.54) is 0 Å².